The molecule has 1 N–H and O–H groups in total. The molecule has 30 heavy (non-hydrogen) atoms. The van der Waals surface area contributed by atoms with Crippen LogP contribution in [-0.4, -0.2) is 79.4 Å². The molecule has 0 radical (unpaired) electrons. The van der Waals surface area contributed by atoms with E-state index in [0.29, 0.717) is 18.8 Å². The summed E-state index contributed by atoms with van der Waals surface area (Å²) in [5.74, 6) is 1.31. The molecule has 162 valence electrons. The summed E-state index contributed by atoms with van der Waals surface area (Å²) in [7, 11) is 2.15. The van der Waals surface area contributed by atoms with Crippen LogP contribution in [0.3, 0.4) is 0 Å². The van der Waals surface area contributed by atoms with Crippen LogP contribution in [0.1, 0.15) is 29.5 Å². The van der Waals surface area contributed by atoms with Gasteiger partial charge in [0.15, 0.2) is 11.7 Å². The average molecular weight is 412 g/mol. The number of carbonyl (C=O) groups is 1. The second kappa shape index (κ2) is 11.4. The van der Waals surface area contributed by atoms with Crippen molar-refractivity contribution in [3.63, 3.8) is 0 Å². The molecule has 0 atom stereocenters. The standard InChI is InChI=1S/C23H33N5O2/c1-3-24-23(25-12-8-13-26(2)19-20-9-5-4-6-10-20)28-16-14-27(15-17-28)22(29)21-11-7-18-30-21/h4-7,9-11,18H,3,8,12-17,19H2,1-2H3,(H,24,25). The van der Waals surface area contributed by atoms with Gasteiger partial charge in [0.2, 0.25) is 0 Å². The summed E-state index contributed by atoms with van der Waals surface area (Å²) in [6, 6.07) is 14.0. The molecule has 1 fully saturated rings. The maximum atomic E-state index is 12.4. The molecule has 1 amide bonds. The molecule has 1 aliphatic heterocycles. The number of hydrogen-bond acceptors (Lipinski definition) is 4. The van der Waals surface area contributed by atoms with Crippen LogP contribution in [0.5, 0.6) is 0 Å². The minimum atomic E-state index is -0.0388. The Balaban J connectivity index is 1.43. The van der Waals surface area contributed by atoms with Crippen molar-refractivity contribution in [3.8, 4) is 0 Å². The summed E-state index contributed by atoms with van der Waals surface area (Å²) in [6.07, 6.45) is 2.55. The number of furan rings is 1. The molecule has 7 nitrogen and oxygen atoms in total. The molecule has 1 aliphatic rings. The Kier molecular flexibility index (Phi) is 8.32. The zero-order valence-corrected chi connectivity index (χ0v) is 18.1. The van der Waals surface area contributed by atoms with E-state index in [0.717, 1.165) is 51.6 Å². The Bertz CT molecular complexity index is 783. The van der Waals surface area contributed by atoms with Gasteiger partial charge in [-0.15, -0.1) is 0 Å². The quantitative estimate of drug-likeness (QED) is 0.411. The number of carbonyl (C=O) groups excluding carboxylic acids is 1. The van der Waals surface area contributed by atoms with Gasteiger partial charge >= 0.3 is 0 Å². The highest BCUT2D eigenvalue weighted by atomic mass is 16.3. The Morgan fingerprint density at radius 3 is 2.50 bits per heavy atom. The van der Waals surface area contributed by atoms with Crippen LogP contribution in [0.15, 0.2) is 58.1 Å². The summed E-state index contributed by atoms with van der Waals surface area (Å²) < 4.78 is 5.24. The van der Waals surface area contributed by atoms with Gasteiger partial charge < -0.3 is 24.4 Å². The lowest BCUT2D eigenvalue weighted by molar-refractivity contribution is 0.0657. The fraction of sp³-hybridized carbons (Fsp3) is 0.478. The van der Waals surface area contributed by atoms with Gasteiger partial charge in [0.1, 0.15) is 0 Å². The third-order valence-electron chi connectivity index (χ3n) is 5.19. The van der Waals surface area contributed by atoms with E-state index < -0.39 is 0 Å². The highest BCUT2D eigenvalue weighted by Crippen LogP contribution is 2.10. The van der Waals surface area contributed by atoms with Gasteiger partial charge in [-0.3, -0.25) is 9.79 Å². The third kappa shape index (κ3) is 6.35. The first-order chi connectivity index (χ1) is 14.7. The number of guanidine groups is 1. The number of aliphatic imine (C=N–C) groups is 1. The van der Waals surface area contributed by atoms with Crippen molar-refractivity contribution in [2.24, 2.45) is 4.99 Å². The summed E-state index contributed by atoms with van der Waals surface area (Å²) in [6.45, 7) is 8.54. The summed E-state index contributed by atoms with van der Waals surface area (Å²) in [5, 5.41) is 3.39. The number of hydrogen-bond donors (Lipinski definition) is 1. The number of rotatable bonds is 8. The second-order valence-corrected chi connectivity index (χ2v) is 7.57. The van der Waals surface area contributed by atoms with Gasteiger partial charge in [0.05, 0.1) is 6.26 Å². The zero-order valence-electron chi connectivity index (χ0n) is 18.1. The van der Waals surface area contributed by atoms with Crippen molar-refractivity contribution in [1.29, 1.82) is 0 Å². The smallest absolute Gasteiger partial charge is 0.289 e. The summed E-state index contributed by atoms with van der Waals surface area (Å²) in [4.78, 5) is 23.7. The van der Waals surface area contributed by atoms with Crippen molar-refractivity contribution in [2.75, 3.05) is 52.9 Å². The molecule has 0 bridgehead atoms. The zero-order chi connectivity index (χ0) is 21.2. The summed E-state index contributed by atoms with van der Waals surface area (Å²) >= 11 is 0. The van der Waals surface area contributed by atoms with Crippen LogP contribution < -0.4 is 5.32 Å². The van der Waals surface area contributed by atoms with Gasteiger partial charge in [0.25, 0.3) is 5.91 Å². The summed E-state index contributed by atoms with van der Waals surface area (Å²) in [5.41, 5.74) is 1.33. The van der Waals surface area contributed by atoms with Gasteiger partial charge in [-0.25, -0.2) is 0 Å². The maximum Gasteiger partial charge on any atom is 0.289 e. The highest BCUT2D eigenvalue weighted by Gasteiger charge is 2.25. The molecular weight excluding hydrogens is 378 g/mol. The highest BCUT2D eigenvalue weighted by molar-refractivity contribution is 5.91. The molecule has 3 rings (SSSR count). The molecule has 0 saturated carbocycles. The Morgan fingerprint density at radius 1 is 1.10 bits per heavy atom. The fourth-order valence-corrected chi connectivity index (χ4v) is 3.60. The molecule has 1 aromatic carbocycles. The molecule has 2 aromatic rings. The maximum absolute atomic E-state index is 12.4. The van der Waals surface area contributed by atoms with Gasteiger partial charge in [0, 0.05) is 45.8 Å². The SMILES string of the molecule is CCNC(=NCCCN(C)Cc1ccccc1)N1CCN(C(=O)c2ccco2)CC1. The number of benzene rings is 1. The predicted molar refractivity (Wildman–Crippen MR) is 120 cm³/mol. The van der Waals surface area contributed by atoms with E-state index in [1.165, 1.54) is 11.8 Å². The van der Waals surface area contributed by atoms with Crippen LogP contribution in [0.2, 0.25) is 0 Å². The Hall–Kier alpha value is -2.80. The van der Waals surface area contributed by atoms with E-state index >= 15 is 0 Å². The molecule has 0 unspecified atom stereocenters. The first-order valence-corrected chi connectivity index (χ1v) is 10.8. The molecule has 7 heteroatoms. The lowest BCUT2D eigenvalue weighted by Crippen LogP contribution is -2.53. The van der Waals surface area contributed by atoms with Crippen LogP contribution in [0, 0.1) is 0 Å². The molecule has 2 heterocycles. The Morgan fingerprint density at radius 2 is 1.83 bits per heavy atom. The van der Waals surface area contributed by atoms with Gasteiger partial charge in [-0.05, 0) is 44.6 Å². The second-order valence-electron chi connectivity index (χ2n) is 7.57. The average Bonchev–Trinajstić information content (AvgIpc) is 3.31. The molecule has 1 saturated heterocycles. The van der Waals surface area contributed by atoms with Crippen LogP contribution in [-0.2, 0) is 6.54 Å². The number of nitrogens with one attached hydrogen (secondary N) is 1. The van der Waals surface area contributed by atoms with Crippen molar-refractivity contribution in [2.45, 2.75) is 19.9 Å². The fourth-order valence-electron chi connectivity index (χ4n) is 3.60. The van der Waals surface area contributed by atoms with E-state index in [-0.39, 0.29) is 5.91 Å². The molecular formula is C23H33N5O2. The van der Waals surface area contributed by atoms with Crippen molar-refractivity contribution in [1.82, 2.24) is 20.0 Å². The third-order valence-corrected chi connectivity index (χ3v) is 5.19. The van der Waals surface area contributed by atoms with Crippen LogP contribution >= 0.6 is 0 Å². The van der Waals surface area contributed by atoms with Crippen LogP contribution in [0.25, 0.3) is 0 Å². The van der Waals surface area contributed by atoms with E-state index in [2.05, 4.69) is 53.4 Å². The lowest BCUT2D eigenvalue weighted by Gasteiger charge is -2.36. The normalized spacial score (nSPS) is 15.0. The van der Waals surface area contributed by atoms with E-state index in [1.54, 1.807) is 12.1 Å². The first kappa shape index (κ1) is 21.9. The first-order valence-electron chi connectivity index (χ1n) is 10.8. The van der Waals surface area contributed by atoms with Crippen molar-refractivity contribution >= 4 is 11.9 Å². The topological polar surface area (TPSA) is 64.3 Å². The lowest BCUT2D eigenvalue weighted by atomic mass is 10.2. The molecule has 0 spiro atoms. The largest absolute Gasteiger partial charge is 0.459 e. The number of piperazine rings is 1. The minimum Gasteiger partial charge on any atom is -0.459 e. The monoisotopic (exact) mass is 411 g/mol. The van der Waals surface area contributed by atoms with E-state index in [9.17, 15) is 4.79 Å². The number of nitrogens with zero attached hydrogens (tertiary/aromatic N) is 4. The van der Waals surface area contributed by atoms with Crippen molar-refractivity contribution < 1.29 is 9.21 Å². The molecule has 0 aliphatic carbocycles. The number of amides is 1. The molecule has 1 aromatic heterocycles. The predicted octanol–water partition coefficient (Wildman–Crippen LogP) is 2.52. The van der Waals surface area contributed by atoms with Crippen LogP contribution in [0.4, 0.5) is 0 Å². The Labute approximate surface area is 179 Å². The van der Waals surface area contributed by atoms with Crippen molar-refractivity contribution in [3.05, 3.63) is 60.1 Å². The van der Waals surface area contributed by atoms with E-state index in [1.807, 2.05) is 11.0 Å². The van der Waals surface area contributed by atoms with Gasteiger partial charge in [-0.1, -0.05) is 30.3 Å². The minimum absolute atomic E-state index is 0.0388. The van der Waals surface area contributed by atoms with E-state index in [4.69, 9.17) is 9.41 Å². The van der Waals surface area contributed by atoms with Gasteiger partial charge in [-0.2, -0.15) is 0 Å².